The maximum absolute atomic E-state index is 13.3. The van der Waals surface area contributed by atoms with Gasteiger partial charge in [0.25, 0.3) is 0 Å². The molecule has 1 aromatic carbocycles. The molecule has 3 N–H and O–H groups in total. The molecule has 1 heterocycles. The molecule has 2 atom stereocenters. The molecule has 1 aliphatic heterocycles. The summed E-state index contributed by atoms with van der Waals surface area (Å²) in [6.07, 6.45) is 5.54. The van der Waals surface area contributed by atoms with Gasteiger partial charge in [-0.1, -0.05) is 25.0 Å². The Labute approximate surface area is 161 Å². The molecule has 0 aromatic heterocycles. The molecule has 3 rings (SSSR count). The lowest BCUT2D eigenvalue weighted by Crippen LogP contribution is -2.54. The molecule has 0 bridgehead atoms. The predicted octanol–water partition coefficient (Wildman–Crippen LogP) is 3.32. The summed E-state index contributed by atoms with van der Waals surface area (Å²) in [4.78, 5) is 12.8. The van der Waals surface area contributed by atoms with Crippen molar-refractivity contribution in [2.75, 3.05) is 19.8 Å². The Hall–Kier alpha value is -1.17. The van der Waals surface area contributed by atoms with E-state index in [1.165, 1.54) is 12.1 Å². The van der Waals surface area contributed by atoms with Gasteiger partial charge < -0.3 is 15.8 Å². The minimum atomic E-state index is -0.430. The molecule has 146 valence electrons. The lowest BCUT2D eigenvalue weighted by atomic mass is 9.72. The number of benzene rings is 1. The molecule has 6 heteroatoms. The van der Waals surface area contributed by atoms with E-state index in [0.29, 0.717) is 19.8 Å². The Kier molecular flexibility index (Phi) is 7.05. The number of hydrogen-bond donors (Lipinski definition) is 2. The zero-order valence-electron chi connectivity index (χ0n) is 15.4. The number of hydrogen-bond acceptors (Lipinski definition) is 3. The lowest BCUT2D eigenvalue weighted by Gasteiger charge is -2.40. The quantitative estimate of drug-likeness (QED) is 0.836. The van der Waals surface area contributed by atoms with Crippen LogP contribution in [0.25, 0.3) is 0 Å². The zero-order valence-corrected chi connectivity index (χ0v) is 16.2. The van der Waals surface area contributed by atoms with Crippen molar-refractivity contribution < 1.29 is 13.9 Å². The van der Waals surface area contributed by atoms with Crippen LogP contribution in [0.4, 0.5) is 4.39 Å². The van der Waals surface area contributed by atoms with Gasteiger partial charge in [0.15, 0.2) is 0 Å². The fraction of sp³-hybridized carbons (Fsp3) is 0.650. The average Bonchev–Trinajstić information content (AvgIpc) is 2.61. The lowest BCUT2D eigenvalue weighted by molar-refractivity contribution is -0.128. The maximum atomic E-state index is 13.3. The summed E-state index contributed by atoms with van der Waals surface area (Å²) in [5.41, 5.74) is 6.81. The van der Waals surface area contributed by atoms with E-state index in [2.05, 4.69) is 5.32 Å². The number of carbonyl (C=O) groups excluding carboxylic acids is 1. The molecule has 1 amide bonds. The van der Waals surface area contributed by atoms with E-state index >= 15 is 0 Å². The number of amides is 1. The first-order valence-electron chi connectivity index (χ1n) is 9.33. The third-order valence-corrected chi connectivity index (χ3v) is 6.08. The highest BCUT2D eigenvalue weighted by Gasteiger charge is 2.40. The molecule has 0 radical (unpaired) electrons. The molecular formula is C20H30ClFN2O2. The van der Waals surface area contributed by atoms with Crippen molar-refractivity contribution in [2.24, 2.45) is 11.7 Å². The van der Waals surface area contributed by atoms with E-state index in [1.807, 2.05) is 19.1 Å². The molecule has 2 unspecified atom stereocenters. The topological polar surface area (TPSA) is 64.4 Å². The molecule has 2 fully saturated rings. The van der Waals surface area contributed by atoms with E-state index in [1.54, 1.807) is 0 Å². The number of rotatable bonds is 4. The first-order valence-corrected chi connectivity index (χ1v) is 9.33. The molecular weight excluding hydrogens is 355 g/mol. The fourth-order valence-corrected chi connectivity index (χ4v) is 4.30. The van der Waals surface area contributed by atoms with E-state index in [9.17, 15) is 9.18 Å². The van der Waals surface area contributed by atoms with E-state index in [4.69, 9.17) is 10.5 Å². The van der Waals surface area contributed by atoms with Gasteiger partial charge in [-0.25, -0.2) is 4.39 Å². The van der Waals surface area contributed by atoms with Crippen molar-refractivity contribution in [2.45, 2.75) is 56.4 Å². The largest absolute Gasteiger partial charge is 0.381 e. The first kappa shape index (κ1) is 21.1. The van der Waals surface area contributed by atoms with Crippen LogP contribution in [-0.2, 0) is 14.9 Å². The van der Waals surface area contributed by atoms with Gasteiger partial charge in [-0.3, -0.25) is 4.79 Å². The van der Waals surface area contributed by atoms with Gasteiger partial charge in [-0.05, 0) is 50.3 Å². The van der Waals surface area contributed by atoms with Gasteiger partial charge in [0.1, 0.15) is 5.82 Å². The second kappa shape index (κ2) is 8.68. The average molecular weight is 385 g/mol. The Balaban J connectivity index is 0.00000243. The smallest absolute Gasteiger partial charge is 0.224 e. The number of nitrogens with two attached hydrogens (primary N) is 1. The summed E-state index contributed by atoms with van der Waals surface area (Å²) >= 11 is 0. The van der Waals surface area contributed by atoms with Crippen molar-refractivity contribution in [3.8, 4) is 0 Å². The predicted molar refractivity (Wildman–Crippen MR) is 103 cm³/mol. The van der Waals surface area contributed by atoms with Crippen LogP contribution in [0, 0.1) is 11.7 Å². The zero-order chi connectivity index (χ0) is 17.9. The van der Waals surface area contributed by atoms with Gasteiger partial charge in [-0.2, -0.15) is 0 Å². The van der Waals surface area contributed by atoms with Crippen LogP contribution in [-0.4, -0.2) is 31.2 Å². The van der Waals surface area contributed by atoms with Crippen LogP contribution in [0.2, 0.25) is 0 Å². The van der Waals surface area contributed by atoms with Crippen LogP contribution >= 0.6 is 12.4 Å². The number of nitrogens with one attached hydrogen (secondary N) is 1. The Morgan fingerprint density at radius 2 is 1.88 bits per heavy atom. The molecule has 26 heavy (non-hydrogen) atoms. The summed E-state index contributed by atoms with van der Waals surface area (Å²) in [7, 11) is 0. The molecule has 1 aliphatic carbocycles. The van der Waals surface area contributed by atoms with Crippen LogP contribution in [0.5, 0.6) is 0 Å². The van der Waals surface area contributed by atoms with E-state index in [-0.39, 0.29) is 35.5 Å². The third-order valence-electron chi connectivity index (χ3n) is 6.08. The highest BCUT2D eigenvalue weighted by Crippen LogP contribution is 2.35. The van der Waals surface area contributed by atoms with Crippen molar-refractivity contribution in [3.05, 3.63) is 35.6 Å². The molecule has 2 aliphatic rings. The monoisotopic (exact) mass is 384 g/mol. The molecule has 1 saturated carbocycles. The van der Waals surface area contributed by atoms with Gasteiger partial charge in [0.2, 0.25) is 5.91 Å². The summed E-state index contributed by atoms with van der Waals surface area (Å²) in [6, 6.07) is 6.65. The fourth-order valence-electron chi connectivity index (χ4n) is 4.30. The Bertz CT molecular complexity index is 600. The first-order chi connectivity index (χ1) is 11.9. The minimum absolute atomic E-state index is 0. The van der Waals surface area contributed by atoms with Gasteiger partial charge in [-0.15, -0.1) is 12.4 Å². The molecule has 0 spiro atoms. The van der Waals surface area contributed by atoms with Crippen molar-refractivity contribution in [3.63, 3.8) is 0 Å². The third kappa shape index (κ3) is 4.56. The maximum Gasteiger partial charge on any atom is 0.224 e. The van der Waals surface area contributed by atoms with Gasteiger partial charge in [0, 0.05) is 30.7 Å². The standard InChI is InChI=1S/C20H29FN2O2.ClH/c1-19(22)9-3-2-4-17(19)18(24)23-14-20(10-12-25-13-11-20)15-5-7-16(21)8-6-15;/h5-8,17H,2-4,9-14,22H2,1H3,(H,23,24);1H. The van der Waals surface area contributed by atoms with E-state index < -0.39 is 5.54 Å². The van der Waals surface area contributed by atoms with Crippen LogP contribution in [0.1, 0.15) is 51.0 Å². The van der Waals surface area contributed by atoms with E-state index in [0.717, 1.165) is 44.1 Å². The van der Waals surface area contributed by atoms with Crippen molar-refractivity contribution in [1.82, 2.24) is 5.32 Å². The minimum Gasteiger partial charge on any atom is -0.381 e. The molecule has 1 aromatic rings. The Morgan fingerprint density at radius 1 is 1.23 bits per heavy atom. The summed E-state index contributed by atoms with van der Waals surface area (Å²) < 4.78 is 18.8. The second-order valence-electron chi connectivity index (χ2n) is 7.92. The summed E-state index contributed by atoms with van der Waals surface area (Å²) in [5, 5.41) is 3.16. The summed E-state index contributed by atoms with van der Waals surface area (Å²) in [6.45, 7) is 3.85. The molecule has 1 saturated heterocycles. The number of carbonyl (C=O) groups is 1. The highest BCUT2D eigenvalue weighted by molar-refractivity contribution is 5.85. The second-order valence-corrected chi connectivity index (χ2v) is 7.92. The van der Waals surface area contributed by atoms with Crippen molar-refractivity contribution in [1.29, 1.82) is 0 Å². The molecule has 4 nitrogen and oxygen atoms in total. The van der Waals surface area contributed by atoms with Gasteiger partial charge in [0.05, 0.1) is 5.92 Å². The number of ether oxygens (including phenoxy) is 1. The Morgan fingerprint density at radius 3 is 2.50 bits per heavy atom. The summed E-state index contributed by atoms with van der Waals surface area (Å²) in [5.74, 6) is -0.319. The van der Waals surface area contributed by atoms with Crippen LogP contribution < -0.4 is 11.1 Å². The van der Waals surface area contributed by atoms with Gasteiger partial charge >= 0.3 is 0 Å². The number of halogens is 2. The van der Waals surface area contributed by atoms with Crippen LogP contribution in [0.15, 0.2) is 24.3 Å². The SMILES string of the molecule is CC1(N)CCCCC1C(=O)NCC1(c2ccc(F)cc2)CCOCC1.Cl. The van der Waals surface area contributed by atoms with Crippen molar-refractivity contribution >= 4 is 18.3 Å². The normalized spacial score (nSPS) is 28.0. The van der Waals surface area contributed by atoms with Crippen LogP contribution in [0.3, 0.4) is 0 Å². The highest BCUT2D eigenvalue weighted by atomic mass is 35.5.